The zero-order chi connectivity index (χ0) is 22.4. The Morgan fingerprint density at radius 1 is 0.613 bits per heavy atom. The summed E-state index contributed by atoms with van der Waals surface area (Å²) in [6.07, 6.45) is 5.95. The van der Waals surface area contributed by atoms with Crippen LogP contribution in [0.1, 0.15) is 77.1 Å². The van der Waals surface area contributed by atoms with Gasteiger partial charge in [-0.05, 0) is 105 Å². The number of rotatable bonds is 9. The third kappa shape index (κ3) is 6.82. The lowest BCUT2D eigenvalue weighted by Crippen LogP contribution is -2.06. The van der Waals surface area contributed by atoms with Crippen molar-refractivity contribution in [2.45, 2.75) is 79.6 Å². The highest BCUT2D eigenvalue weighted by Crippen LogP contribution is 2.28. The molecule has 31 heavy (non-hydrogen) atoms. The Hall–Kier alpha value is -2.34. The highest BCUT2D eigenvalue weighted by atomic mass is 14.2. The van der Waals surface area contributed by atoms with Crippen LogP contribution < -0.4 is 0 Å². The summed E-state index contributed by atoms with van der Waals surface area (Å²) >= 11 is 0. The smallest absolute Gasteiger partial charge is 0.0184 e. The predicted octanol–water partition coefficient (Wildman–Crippen LogP) is 8.47. The van der Waals surface area contributed by atoms with E-state index in [4.69, 9.17) is 0 Å². The predicted molar refractivity (Wildman–Crippen MR) is 136 cm³/mol. The van der Waals surface area contributed by atoms with Gasteiger partial charge in [0.1, 0.15) is 0 Å². The summed E-state index contributed by atoms with van der Waals surface area (Å²) in [5.74, 6) is 1.28. The zero-order valence-corrected chi connectivity index (χ0v) is 20.5. The third-order valence-electron chi connectivity index (χ3n) is 6.88. The van der Waals surface area contributed by atoms with Gasteiger partial charge < -0.3 is 0 Å². The Morgan fingerprint density at radius 2 is 1.29 bits per heavy atom. The fourth-order valence-electron chi connectivity index (χ4n) is 4.56. The van der Waals surface area contributed by atoms with Crippen LogP contribution in [0, 0.1) is 33.6 Å². The van der Waals surface area contributed by atoms with E-state index in [2.05, 4.69) is 102 Å². The fraction of sp³-hybridized carbons (Fsp3) is 0.419. The van der Waals surface area contributed by atoms with E-state index in [9.17, 15) is 0 Å². The molecule has 0 saturated heterocycles. The maximum Gasteiger partial charge on any atom is -0.0184 e. The van der Waals surface area contributed by atoms with Gasteiger partial charge in [0.15, 0.2) is 0 Å². The molecule has 0 radical (unpaired) electrons. The van der Waals surface area contributed by atoms with Gasteiger partial charge in [-0.1, -0.05) is 85.6 Å². The van der Waals surface area contributed by atoms with Crippen LogP contribution >= 0.6 is 0 Å². The molecule has 0 N–H and O–H groups in total. The van der Waals surface area contributed by atoms with Crippen molar-refractivity contribution < 1.29 is 0 Å². The lowest BCUT2D eigenvalue weighted by Gasteiger charge is -2.19. The number of benzene rings is 3. The van der Waals surface area contributed by atoms with Crippen LogP contribution in [0.3, 0.4) is 0 Å². The first kappa shape index (κ1) is 23.3. The second kappa shape index (κ2) is 10.8. The topological polar surface area (TPSA) is 0 Å². The monoisotopic (exact) mass is 412 g/mol. The van der Waals surface area contributed by atoms with Crippen molar-refractivity contribution >= 4 is 0 Å². The summed E-state index contributed by atoms with van der Waals surface area (Å²) in [6.45, 7) is 13.6. The van der Waals surface area contributed by atoms with Crippen LogP contribution in [0.4, 0.5) is 0 Å². The van der Waals surface area contributed by atoms with E-state index in [0.29, 0.717) is 11.8 Å². The highest BCUT2D eigenvalue weighted by Gasteiger charge is 2.13. The molecule has 0 heterocycles. The van der Waals surface area contributed by atoms with Gasteiger partial charge >= 0.3 is 0 Å². The van der Waals surface area contributed by atoms with E-state index >= 15 is 0 Å². The van der Waals surface area contributed by atoms with Crippen molar-refractivity contribution in [2.24, 2.45) is 5.92 Å². The van der Waals surface area contributed by atoms with Gasteiger partial charge in [-0.2, -0.15) is 0 Å². The Kier molecular flexibility index (Phi) is 8.13. The summed E-state index contributed by atoms with van der Waals surface area (Å²) in [7, 11) is 0. The minimum Gasteiger partial charge on any atom is -0.0622 e. The molecule has 3 aromatic rings. The van der Waals surface area contributed by atoms with Crippen molar-refractivity contribution in [2.75, 3.05) is 0 Å². The van der Waals surface area contributed by atoms with Crippen LogP contribution in [0.25, 0.3) is 0 Å². The molecule has 0 spiro atoms. The van der Waals surface area contributed by atoms with Gasteiger partial charge in [0.05, 0.1) is 0 Å². The largest absolute Gasteiger partial charge is 0.0622 e. The molecule has 0 aliphatic rings. The van der Waals surface area contributed by atoms with Gasteiger partial charge in [0.25, 0.3) is 0 Å². The van der Waals surface area contributed by atoms with E-state index in [1.165, 1.54) is 59.1 Å². The van der Waals surface area contributed by atoms with Crippen LogP contribution in [-0.2, 0) is 19.3 Å². The fourth-order valence-corrected chi connectivity index (χ4v) is 4.56. The number of hydrogen-bond acceptors (Lipinski definition) is 0. The van der Waals surface area contributed by atoms with E-state index in [1.54, 1.807) is 11.1 Å². The summed E-state index contributed by atoms with van der Waals surface area (Å²) in [5, 5.41) is 0. The molecule has 2 atom stereocenters. The van der Waals surface area contributed by atoms with Crippen molar-refractivity contribution in [1.82, 2.24) is 0 Å². The van der Waals surface area contributed by atoms with Crippen LogP contribution in [0.15, 0.2) is 60.7 Å². The normalized spacial score (nSPS) is 13.2. The molecule has 0 fully saturated rings. The van der Waals surface area contributed by atoms with Gasteiger partial charge in [0.2, 0.25) is 0 Å². The van der Waals surface area contributed by atoms with Gasteiger partial charge in [-0.3, -0.25) is 0 Å². The molecule has 164 valence electrons. The van der Waals surface area contributed by atoms with Crippen LogP contribution in [-0.4, -0.2) is 0 Å². The van der Waals surface area contributed by atoms with Crippen molar-refractivity contribution in [3.63, 3.8) is 0 Å². The summed E-state index contributed by atoms with van der Waals surface area (Å²) in [4.78, 5) is 0. The molecule has 0 amide bonds. The van der Waals surface area contributed by atoms with E-state index in [0.717, 1.165) is 6.42 Å². The molecule has 0 saturated carbocycles. The second-order valence-electron chi connectivity index (χ2n) is 9.89. The zero-order valence-electron chi connectivity index (χ0n) is 20.5. The average molecular weight is 413 g/mol. The van der Waals surface area contributed by atoms with Gasteiger partial charge in [-0.15, -0.1) is 0 Å². The van der Waals surface area contributed by atoms with E-state index in [1.807, 2.05) is 0 Å². The summed E-state index contributed by atoms with van der Waals surface area (Å²) in [5.41, 5.74) is 11.6. The molecular formula is C31H40. The first-order valence-corrected chi connectivity index (χ1v) is 12.0. The molecule has 0 bridgehead atoms. The maximum absolute atomic E-state index is 2.43. The van der Waals surface area contributed by atoms with Gasteiger partial charge in [0, 0.05) is 0 Å². The SMILES string of the molecule is Cc1ccc(CCC(C)c2ccc(C)cc2CCC(C)Cc2ccc(C)c(C)c2)cc1. The summed E-state index contributed by atoms with van der Waals surface area (Å²) < 4.78 is 0. The van der Waals surface area contributed by atoms with Crippen LogP contribution in [0.5, 0.6) is 0 Å². The number of aryl methyl sites for hydroxylation is 6. The molecule has 0 aromatic heterocycles. The molecule has 0 aliphatic heterocycles. The minimum atomic E-state index is 0.590. The Balaban J connectivity index is 1.61. The van der Waals surface area contributed by atoms with E-state index < -0.39 is 0 Å². The highest BCUT2D eigenvalue weighted by molar-refractivity contribution is 5.35. The van der Waals surface area contributed by atoms with Crippen LogP contribution in [0.2, 0.25) is 0 Å². The first-order valence-electron chi connectivity index (χ1n) is 12.0. The molecule has 2 unspecified atom stereocenters. The lowest BCUT2D eigenvalue weighted by atomic mass is 9.86. The Bertz CT molecular complexity index is 977. The van der Waals surface area contributed by atoms with E-state index in [-0.39, 0.29) is 0 Å². The molecule has 3 rings (SSSR count). The minimum absolute atomic E-state index is 0.590. The third-order valence-corrected chi connectivity index (χ3v) is 6.88. The number of hydrogen-bond donors (Lipinski definition) is 0. The molecule has 3 aromatic carbocycles. The van der Waals surface area contributed by atoms with Gasteiger partial charge in [-0.25, -0.2) is 0 Å². The van der Waals surface area contributed by atoms with Crippen molar-refractivity contribution in [3.05, 3.63) is 105 Å². The summed E-state index contributed by atoms with van der Waals surface area (Å²) in [6, 6.07) is 23.1. The molecule has 0 nitrogen and oxygen atoms in total. The Morgan fingerprint density at radius 3 is 2.00 bits per heavy atom. The molecule has 0 aliphatic carbocycles. The lowest BCUT2D eigenvalue weighted by molar-refractivity contribution is 0.527. The Labute approximate surface area is 190 Å². The van der Waals surface area contributed by atoms with Crippen molar-refractivity contribution in [1.29, 1.82) is 0 Å². The standard InChI is InChI=1S/C31H40/c1-22-7-13-28(14-8-22)15-12-26(5)31-18-10-24(3)20-30(31)17-9-23(2)19-29-16-11-25(4)27(6)21-29/h7-8,10-11,13-14,16,18,20-21,23,26H,9,12,15,17,19H2,1-6H3. The average Bonchev–Trinajstić information content (AvgIpc) is 2.74. The molecule has 0 heteroatoms. The second-order valence-corrected chi connectivity index (χ2v) is 9.89. The maximum atomic E-state index is 2.43. The quantitative estimate of drug-likeness (QED) is 0.330. The van der Waals surface area contributed by atoms with Crippen molar-refractivity contribution in [3.8, 4) is 0 Å². The molecular weight excluding hydrogens is 372 g/mol. The first-order chi connectivity index (χ1) is 14.8.